The van der Waals surface area contributed by atoms with Gasteiger partial charge in [-0.05, 0) is 19.1 Å². The third-order valence-corrected chi connectivity index (χ3v) is 6.00. The van der Waals surface area contributed by atoms with Gasteiger partial charge in [-0.15, -0.1) is 11.3 Å². The molecule has 0 bridgehead atoms. The van der Waals surface area contributed by atoms with Crippen LogP contribution < -0.4 is 10.6 Å². The minimum atomic E-state index is -1.68. The fourth-order valence-electron chi connectivity index (χ4n) is 2.39. The van der Waals surface area contributed by atoms with Gasteiger partial charge in [0.25, 0.3) is 0 Å². The SMILES string of the molecule is CC(Sc1nc(-c2ccccc2)cs1)C(=O)NCC(=O)Nc1ccc(F)c(F)c1F. The van der Waals surface area contributed by atoms with Crippen LogP contribution in [0.5, 0.6) is 0 Å². The molecule has 0 aliphatic heterocycles. The van der Waals surface area contributed by atoms with E-state index >= 15 is 0 Å². The van der Waals surface area contributed by atoms with Crippen LogP contribution in [-0.2, 0) is 9.59 Å². The monoisotopic (exact) mass is 451 g/mol. The average molecular weight is 451 g/mol. The number of rotatable bonds is 7. The van der Waals surface area contributed by atoms with Gasteiger partial charge in [0.15, 0.2) is 21.8 Å². The fourth-order valence-corrected chi connectivity index (χ4v) is 4.38. The van der Waals surface area contributed by atoms with Crippen molar-refractivity contribution in [3.8, 4) is 11.3 Å². The predicted octanol–water partition coefficient (Wildman–Crippen LogP) is 4.46. The van der Waals surface area contributed by atoms with Crippen LogP contribution in [0.25, 0.3) is 11.3 Å². The Kier molecular flexibility index (Phi) is 7.11. The van der Waals surface area contributed by atoms with E-state index < -0.39 is 46.7 Å². The Balaban J connectivity index is 1.51. The molecule has 1 heterocycles. The summed E-state index contributed by atoms with van der Waals surface area (Å²) in [7, 11) is 0. The highest BCUT2D eigenvalue weighted by atomic mass is 32.2. The van der Waals surface area contributed by atoms with Crippen LogP contribution in [0.1, 0.15) is 6.92 Å². The van der Waals surface area contributed by atoms with Gasteiger partial charge in [-0.25, -0.2) is 18.2 Å². The lowest BCUT2D eigenvalue weighted by Gasteiger charge is -2.11. The molecule has 1 aromatic heterocycles. The first-order chi connectivity index (χ1) is 14.3. The highest BCUT2D eigenvalue weighted by Crippen LogP contribution is 2.30. The number of amides is 2. The molecule has 156 valence electrons. The molecule has 5 nitrogen and oxygen atoms in total. The molecule has 0 fully saturated rings. The number of hydrogen-bond acceptors (Lipinski definition) is 5. The number of aromatic nitrogens is 1. The number of nitrogens with one attached hydrogen (secondary N) is 2. The first kappa shape index (κ1) is 21.8. The lowest BCUT2D eigenvalue weighted by Crippen LogP contribution is -2.37. The normalized spacial score (nSPS) is 11.7. The predicted molar refractivity (Wildman–Crippen MR) is 111 cm³/mol. The molecule has 0 spiro atoms. The quantitative estimate of drug-likeness (QED) is 0.411. The number of carbonyl (C=O) groups excluding carboxylic acids is 2. The third-order valence-electron chi connectivity index (χ3n) is 3.93. The van der Waals surface area contributed by atoms with Crippen LogP contribution >= 0.6 is 23.1 Å². The number of anilines is 1. The Labute approximate surface area is 178 Å². The summed E-state index contributed by atoms with van der Waals surface area (Å²) in [6.45, 7) is 1.21. The maximum absolute atomic E-state index is 13.6. The van der Waals surface area contributed by atoms with Crippen LogP contribution in [0.4, 0.5) is 18.9 Å². The smallest absolute Gasteiger partial charge is 0.243 e. The zero-order valence-corrected chi connectivity index (χ0v) is 17.3. The van der Waals surface area contributed by atoms with Gasteiger partial charge in [-0.1, -0.05) is 42.1 Å². The maximum atomic E-state index is 13.6. The zero-order valence-electron chi connectivity index (χ0n) is 15.6. The van der Waals surface area contributed by atoms with E-state index in [1.54, 1.807) is 6.92 Å². The Morgan fingerprint density at radius 3 is 2.57 bits per heavy atom. The van der Waals surface area contributed by atoms with Gasteiger partial charge in [-0.2, -0.15) is 0 Å². The summed E-state index contributed by atoms with van der Waals surface area (Å²) in [6.07, 6.45) is 0. The summed E-state index contributed by atoms with van der Waals surface area (Å²) in [5.41, 5.74) is 1.27. The van der Waals surface area contributed by atoms with E-state index in [0.29, 0.717) is 10.4 Å². The molecule has 3 aromatic rings. The minimum Gasteiger partial charge on any atom is -0.346 e. The Hall–Kier alpha value is -2.85. The highest BCUT2D eigenvalue weighted by Gasteiger charge is 2.19. The van der Waals surface area contributed by atoms with Crippen molar-refractivity contribution in [3.63, 3.8) is 0 Å². The summed E-state index contributed by atoms with van der Waals surface area (Å²) < 4.78 is 40.4. The first-order valence-electron chi connectivity index (χ1n) is 8.74. The van der Waals surface area contributed by atoms with E-state index in [2.05, 4.69) is 15.6 Å². The molecule has 0 aliphatic carbocycles. The van der Waals surface area contributed by atoms with E-state index in [9.17, 15) is 22.8 Å². The molecule has 10 heteroatoms. The Morgan fingerprint density at radius 2 is 1.83 bits per heavy atom. The second-order valence-electron chi connectivity index (χ2n) is 6.11. The van der Waals surface area contributed by atoms with Crippen molar-refractivity contribution >= 4 is 40.6 Å². The average Bonchev–Trinajstić information content (AvgIpc) is 3.21. The summed E-state index contributed by atoms with van der Waals surface area (Å²) in [4.78, 5) is 28.6. The largest absolute Gasteiger partial charge is 0.346 e. The first-order valence-corrected chi connectivity index (χ1v) is 10.5. The highest BCUT2D eigenvalue weighted by molar-refractivity contribution is 8.02. The van der Waals surface area contributed by atoms with Gasteiger partial charge in [0.1, 0.15) is 0 Å². The molecule has 2 aromatic carbocycles. The topological polar surface area (TPSA) is 71.1 Å². The van der Waals surface area contributed by atoms with Crippen molar-refractivity contribution in [2.75, 3.05) is 11.9 Å². The Morgan fingerprint density at radius 1 is 1.10 bits per heavy atom. The molecule has 2 amide bonds. The van der Waals surface area contributed by atoms with Gasteiger partial charge in [-0.3, -0.25) is 9.59 Å². The molecular weight excluding hydrogens is 435 g/mol. The van der Waals surface area contributed by atoms with Crippen LogP contribution in [0.3, 0.4) is 0 Å². The molecule has 30 heavy (non-hydrogen) atoms. The molecule has 1 atom stereocenters. The third kappa shape index (κ3) is 5.39. The van der Waals surface area contributed by atoms with Gasteiger partial charge in [0.2, 0.25) is 11.8 Å². The molecule has 2 N–H and O–H groups in total. The summed E-state index contributed by atoms with van der Waals surface area (Å²) in [6, 6.07) is 11.2. The van der Waals surface area contributed by atoms with Crippen molar-refractivity contribution in [3.05, 3.63) is 65.3 Å². The Bertz CT molecular complexity index is 1060. The summed E-state index contributed by atoms with van der Waals surface area (Å²) >= 11 is 2.65. The summed E-state index contributed by atoms with van der Waals surface area (Å²) in [5, 5.41) is 5.87. The minimum absolute atomic E-state index is 0.419. The molecule has 0 saturated heterocycles. The van der Waals surface area contributed by atoms with Crippen molar-refractivity contribution in [1.82, 2.24) is 10.3 Å². The molecule has 0 aliphatic rings. The fraction of sp³-hybridized carbons (Fsp3) is 0.150. The van der Waals surface area contributed by atoms with Crippen LogP contribution in [0, 0.1) is 17.5 Å². The van der Waals surface area contributed by atoms with Gasteiger partial charge in [0, 0.05) is 10.9 Å². The van der Waals surface area contributed by atoms with Crippen LogP contribution in [0.15, 0.2) is 52.2 Å². The number of benzene rings is 2. The second-order valence-corrected chi connectivity index (χ2v) is 8.56. The van der Waals surface area contributed by atoms with Crippen molar-refractivity contribution in [2.24, 2.45) is 0 Å². The van der Waals surface area contributed by atoms with Crippen molar-refractivity contribution in [2.45, 2.75) is 16.5 Å². The number of hydrogen-bond donors (Lipinski definition) is 2. The number of thioether (sulfide) groups is 1. The van der Waals surface area contributed by atoms with E-state index in [1.165, 1.54) is 23.1 Å². The van der Waals surface area contributed by atoms with Crippen molar-refractivity contribution in [1.29, 1.82) is 0 Å². The molecule has 1 unspecified atom stereocenters. The van der Waals surface area contributed by atoms with E-state index in [1.807, 2.05) is 35.7 Å². The van der Waals surface area contributed by atoms with Crippen LogP contribution in [-0.4, -0.2) is 28.6 Å². The maximum Gasteiger partial charge on any atom is 0.243 e. The number of halogens is 3. The van der Waals surface area contributed by atoms with Gasteiger partial charge in [0.05, 0.1) is 23.2 Å². The lowest BCUT2D eigenvalue weighted by molar-refractivity contribution is -0.123. The summed E-state index contributed by atoms with van der Waals surface area (Å²) in [5.74, 6) is -5.73. The number of thiazole rings is 1. The van der Waals surface area contributed by atoms with E-state index in [0.717, 1.165) is 17.3 Å². The molecule has 3 rings (SSSR count). The number of carbonyl (C=O) groups is 2. The zero-order chi connectivity index (χ0) is 21.7. The number of nitrogens with zero attached hydrogens (tertiary/aromatic N) is 1. The van der Waals surface area contributed by atoms with E-state index in [4.69, 9.17) is 0 Å². The van der Waals surface area contributed by atoms with Gasteiger partial charge < -0.3 is 10.6 Å². The molecule has 0 radical (unpaired) electrons. The van der Waals surface area contributed by atoms with E-state index in [-0.39, 0.29) is 0 Å². The molecular formula is C20H16F3N3O2S2. The second kappa shape index (κ2) is 9.77. The standard InChI is InChI=1S/C20H16F3N3O2S2/c1-11(30-20-26-15(10-29-20)12-5-3-2-4-6-12)19(28)24-9-16(27)25-14-8-7-13(21)17(22)18(14)23/h2-8,10-11H,9H2,1H3,(H,24,28)(H,25,27). The molecule has 0 saturated carbocycles. The van der Waals surface area contributed by atoms with Crippen LogP contribution in [0.2, 0.25) is 0 Å². The van der Waals surface area contributed by atoms with Gasteiger partial charge >= 0.3 is 0 Å². The lowest BCUT2D eigenvalue weighted by atomic mass is 10.2. The van der Waals surface area contributed by atoms with Crippen molar-refractivity contribution < 1.29 is 22.8 Å².